The van der Waals surface area contributed by atoms with Crippen LogP contribution in [0.4, 0.5) is 10.5 Å². The number of aliphatic hydroxyl groups excluding tert-OH is 1. The minimum Gasteiger partial charge on any atom is -0.495 e. The van der Waals surface area contributed by atoms with E-state index in [-0.39, 0.29) is 18.1 Å². The number of aliphatic hydroxyl groups is 1. The predicted molar refractivity (Wildman–Crippen MR) is 80.9 cm³/mol. The molecule has 1 fully saturated rings. The number of para-hydroxylation sites is 2. The molecule has 1 aromatic rings. The Morgan fingerprint density at radius 2 is 2.05 bits per heavy atom. The Kier molecular flexibility index (Phi) is 4.92. The molecular formula is C14H19NO6S. The number of amides is 1. The van der Waals surface area contributed by atoms with Gasteiger partial charge in [0.05, 0.1) is 43.1 Å². The van der Waals surface area contributed by atoms with E-state index in [4.69, 9.17) is 9.47 Å². The zero-order valence-corrected chi connectivity index (χ0v) is 13.2. The third-order valence-electron chi connectivity index (χ3n) is 3.43. The first-order valence-corrected chi connectivity index (χ1v) is 8.69. The first kappa shape index (κ1) is 16.6. The van der Waals surface area contributed by atoms with Gasteiger partial charge in [-0.3, -0.25) is 4.90 Å². The summed E-state index contributed by atoms with van der Waals surface area (Å²) in [4.78, 5) is 13.5. The number of benzene rings is 1. The van der Waals surface area contributed by atoms with Gasteiger partial charge in [0, 0.05) is 0 Å². The lowest BCUT2D eigenvalue weighted by atomic mass is 10.1. The summed E-state index contributed by atoms with van der Waals surface area (Å²) in [6.45, 7) is 1.79. The first-order valence-electron chi connectivity index (χ1n) is 6.87. The van der Waals surface area contributed by atoms with Crippen LogP contribution < -0.4 is 9.64 Å². The molecule has 1 aliphatic heterocycles. The van der Waals surface area contributed by atoms with Crippen molar-refractivity contribution in [2.45, 2.75) is 19.1 Å². The minimum absolute atomic E-state index is 0.139. The average Bonchev–Trinajstić information content (AvgIpc) is 2.73. The zero-order valence-electron chi connectivity index (χ0n) is 12.4. The van der Waals surface area contributed by atoms with Gasteiger partial charge in [0.1, 0.15) is 5.75 Å². The molecular weight excluding hydrogens is 310 g/mol. The number of hydrogen-bond donors (Lipinski definition) is 1. The molecule has 1 heterocycles. The lowest BCUT2D eigenvalue weighted by molar-refractivity contribution is 0.140. The van der Waals surface area contributed by atoms with Crippen LogP contribution in [0.15, 0.2) is 24.3 Å². The van der Waals surface area contributed by atoms with E-state index >= 15 is 0 Å². The average molecular weight is 329 g/mol. The Morgan fingerprint density at radius 1 is 1.36 bits per heavy atom. The van der Waals surface area contributed by atoms with Crippen LogP contribution in [0.2, 0.25) is 0 Å². The molecule has 7 nitrogen and oxygen atoms in total. The number of anilines is 1. The number of rotatable bonds is 4. The number of nitrogens with zero attached hydrogens (tertiary/aromatic N) is 1. The molecule has 1 aliphatic rings. The van der Waals surface area contributed by atoms with Crippen molar-refractivity contribution in [1.82, 2.24) is 0 Å². The van der Waals surface area contributed by atoms with Gasteiger partial charge in [0.25, 0.3) is 0 Å². The van der Waals surface area contributed by atoms with Crippen LogP contribution in [0.25, 0.3) is 0 Å². The molecule has 1 N–H and O–H groups in total. The SMILES string of the molecule is CCOC(=O)N(c1ccccc1OC)C1CS(=O)(=O)CC1O. The number of ether oxygens (including phenoxy) is 2. The van der Waals surface area contributed by atoms with Crippen LogP contribution in [-0.4, -0.2) is 57.0 Å². The number of carbonyl (C=O) groups is 1. The maximum Gasteiger partial charge on any atom is 0.414 e. The second-order valence-electron chi connectivity index (χ2n) is 4.95. The molecule has 22 heavy (non-hydrogen) atoms. The quantitative estimate of drug-likeness (QED) is 0.879. The van der Waals surface area contributed by atoms with Crippen LogP contribution in [-0.2, 0) is 14.6 Å². The molecule has 1 saturated heterocycles. The van der Waals surface area contributed by atoms with Gasteiger partial charge in [-0.15, -0.1) is 0 Å². The summed E-state index contributed by atoms with van der Waals surface area (Å²) in [5.74, 6) is -0.291. The summed E-state index contributed by atoms with van der Waals surface area (Å²) in [6, 6.07) is 5.79. The highest BCUT2D eigenvalue weighted by atomic mass is 32.2. The molecule has 0 aliphatic carbocycles. The van der Waals surface area contributed by atoms with E-state index in [1.165, 1.54) is 7.11 Å². The van der Waals surface area contributed by atoms with E-state index in [1.54, 1.807) is 31.2 Å². The molecule has 1 aromatic carbocycles. The smallest absolute Gasteiger partial charge is 0.414 e. The number of hydrogen-bond acceptors (Lipinski definition) is 6. The highest BCUT2D eigenvalue weighted by Crippen LogP contribution is 2.33. The van der Waals surface area contributed by atoms with Crippen molar-refractivity contribution >= 4 is 21.6 Å². The second kappa shape index (κ2) is 6.53. The molecule has 0 aromatic heterocycles. The van der Waals surface area contributed by atoms with Crippen molar-refractivity contribution in [2.75, 3.05) is 30.1 Å². The molecule has 2 rings (SSSR count). The molecule has 0 bridgehead atoms. The maximum absolute atomic E-state index is 12.3. The van der Waals surface area contributed by atoms with E-state index in [9.17, 15) is 18.3 Å². The van der Waals surface area contributed by atoms with Crippen molar-refractivity contribution in [2.24, 2.45) is 0 Å². The third kappa shape index (κ3) is 3.33. The predicted octanol–water partition coefficient (Wildman–Crippen LogP) is 0.816. The van der Waals surface area contributed by atoms with Crippen molar-refractivity contribution in [3.05, 3.63) is 24.3 Å². The Labute approximate surface area is 129 Å². The largest absolute Gasteiger partial charge is 0.495 e. The molecule has 122 valence electrons. The lowest BCUT2D eigenvalue weighted by Gasteiger charge is -2.30. The molecule has 0 saturated carbocycles. The van der Waals surface area contributed by atoms with Gasteiger partial charge in [-0.1, -0.05) is 12.1 Å². The van der Waals surface area contributed by atoms with Crippen molar-refractivity contribution < 1.29 is 27.8 Å². The van der Waals surface area contributed by atoms with Crippen LogP contribution >= 0.6 is 0 Å². The lowest BCUT2D eigenvalue weighted by Crippen LogP contribution is -2.47. The van der Waals surface area contributed by atoms with Crippen LogP contribution in [0.1, 0.15) is 6.92 Å². The number of carbonyl (C=O) groups excluding carboxylic acids is 1. The Hall–Kier alpha value is -1.80. The van der Waals surface area contributed by atoms with Crippen molar-refractivity contribution in [3.8, 4) is 5.75 Å². The third-order valence-corrected chi connectivity index (χ3v) is 5.13. The summed E-state index contributed by atoms with van der Waals surface area (Å²) in [5.41, 5.74) is 0.365. The van der Waals surface area contributed by atoms with Crippen molar-refractivity contribution in [3.63, 3.8) is 0 Å². The van der Waals surface area contributed by atoms with Gasteiger partial charge in [-0.05, 0) is 19.1 Å². The molecule has 1 amide bonds. The minimum atomic E-state index is -3.41. The summed E-state index contributed by atoms with van der Waals surface area (Å²) in [5, 5.41) is 10.1. The highest BCUT2D eigenvalue weighted by molar-refractivity contribution is 7.91. The summed E-state index contributed by atoms with van der Waals surface area (Å²) in [6.07, 6.45) is -1.88. The molecule has 8 heteroatoms. The highest BCUT2D eigenvalue weighted by Gasteiger charge is 2.43. The van der Waals surface area contributed by atoms with E-state index in [2.05, 4.69) is 0 Å². The van der Waals surface area contributed by atoms with Gasteiger partial charge in [0.15, 0.2) is 9.84 Å². The van der Waals surface area contributed by atoms with E-state index in [0.29, 0.717) is 11.4 Å². The number of methoxy groups -OCH3 is 1. The second-order valence-corrected chi connectivity index (χ2v) is 7.11. The number of sulfone groups is 1. The summed E-state index contributed by atoms with van der Waals surface area (Å²) >= 11 is 0. The summed E-state index contributed by atoms with van der Waals surface area (Å²) in [7, 11) is -1.96. The fraction of sp³-hybridized carbons (Fsp3) is 0.500. The Morgan fingerprint density at radius 3 is 2.59 bits per heavy atom. The van der Waals surface area contributed by atoms with Crippen molar-refractivity contribution in [1.29, 1.82) is 0 Å². The van der Waals surface area contributed by atoms with Crippen LogP contribution in [0, 0.1) is 0 Å². The van der Waals surface area contributed by atoms with Gasteiger partial charge in [-0.25, -0.2) is 13.2 Å². The van der Waals surface area contributed by atoms with E-state index in [0.717, 1.165) is 4.90 Å². The monoisotopic (exact) mass is 329 g/mol. The molecule has 0 spiro atoms. The molecule has 0 radical (unpaired) electrons. The normalized spacial score (nSPS) is 23.0. The van der Waals surface area contributed by atoms with Gasteiger partial charge in [0.2, 0.25) is 0 Å². The summed E-state index contributed by atoms with van der Waals surface area (Å²) < 4.78 is 33.7. The van der Waals surface area contributed by atoms with Gasteiger partial charge in [-0.2, -0.15) is 0 Å². The Balaban J connectivity index is 2.46. The van der Waals surface area contributed by atoms with Gasteiger partial charge >= 0.3 is 6.09 Å². The van der Waals surface area contributed by atoms with E-state index in [1.807, 2.05) is 0 Å². The first-order chi connectivity index (χ1) is 10.4. The topological polar surface area (TPSA) is 93.1 Å². The zero-order chi connectivity index (χ0) is 16.3. The van der Waals surface area contributed by atoms with Crippen LogP contribution in [0.3, 0.4) is 0 Å². The van der Waals surface area contributed by atoms with Gasteiger partial charge < -0.3 is 14.6 Å². The maximum atomic E-state index is 12.3. The fourth-order valence-corrected chi connectivity index (χ4v) is 4.26. The Bertz CT molecular complexity index is 644. The van der Waals surface area contributed by atoms with Crippen LogP contribution in [0.5, 0.6) is 5.75 Å². The fourth-order valence-electron chi connectivity index (χ4n) is 2.49. The molecule has 2 unspecified atom stereocenters. The molecule has 2 atom stereocenters. The van der Waals surface area contributed by atoms with E-state index < -0.39 is 28.1 Å². The standard InChI is InChI=1S/C14H19NO6S/c1-3-21-14(17)15(10-6-4-5-7-13(10)20-2)11-8-22(18,19)9-12(11)16/h4-7,11-12,16H,3,8-9H2,1-2H3.